The average molecular weight is 613 g/mol. The molecule has 12 heteroatoms. The molecule has 0 unspecified atom stereocenters. The maximum absolute atomic E-state index is 13.9. The van der Waals surface area contributed by atoms with Gasteiger partial charge in [0.1, 0.15) is 18.3 Å². The Morgan fingerprint density at radius 3 is 2.18 bits per heavy atom. The number of methoxy groups -OCH3 is 1. The minimum absolute atomic E-state index is 0.0328. The Morgan fingerprint density at radius 1 is 0.974 bits per heavy atom. The Bertz CT molecular complexity index is 1470. The number of amides is 2. The average Bonchev–Trinajstić information content (AvgIpc) is 2.90. The van der Waals surface area contributed by atoms with Gasteiger partial charge < -0.3 is 15.0 Å². The van der Waals surface area contributed by atoms with Crippen molar-refractivity contribution in [2.75, 3.05) is 25.0 Å². The van der Waals surface area contributed by atoms with Crippen LogP contribution in [0.25, 0.3) is 0 Å². The molecule has 0 fully saturated rings. The molecule has 0 saturated carbocycles. The molecule has 208 valence electrons. The van der Waals surface area contributed by atoms with Crippen LogP contribution >= 0.6 is 34.8 Å². The molecular weight excluding hydrogens is 585 g/mol. The van der Waals surface area contributed by atoms with Crippen LogP contribution in [0, 0.1) is 6.92 Å². The van der Waals surface area contributed by atoms with E-state index >= 15 is 0 Å². The third-order valence-corrected chi connectivity index (χ3v) is 8.66. The first kappa shape index (κ1) is 30.6. The number of carbonyl (C=O) groups is 2. The molecule has 0 bridgehead atoms. The van der Waals surface area contributed by atoms with Crippen LogP contribution in [0.15, 0.2) is 65.6 Å². The van der Waals surface area contributed by atoms with E-state index in [-0.39, 0.29) is 27.9 Å². The lowest BCUT2D eigenvalue weighted by molar-refractivity contribution is -0.139. The predicted molar refractivity (Wildman–Crippen MR) is 154 cm³/mol. The Hall–Kier alpha value is -2.98. The van der Waals surface area contributed by atoms with Gasteiger partial charge in [0.05, 0.1) is 17.7 Å². The third kappa shape index (κ3) is 7.16. The summed E-state index contributed by atoms with van der Waals surface area (Å²) in [4.78, 5) is 27.7. The topological polar surface area (TPSA) is 96.0 Å². The van der Waals surface area contributed by atoms with Crippen LogP contribution in [0.5, 0.6) is 5.75 Å². The van der Waals surface area contributed by atoms with Gasteiger partial charge in [0.15, 0.2) is 0 Å². The van der Waals surface area contributed by atoms with Crippen molar-refractivity contribution in [3.63, 3.8) is 0 Å². The molecule has 0 spiro atoms. The Labute approximate surface area is 243 Å². The molecule has 0 radical (unpaired) electrons. The van der Waals surface area contributed by atoms with Gasteiger partial charge in [-0.3, -0.25) is 13.9 Å². The highest BCUT2D eigenvalue weighted by atomic mass is 35.5. The van der Waals surface area contributed by atoms with E-state index in [0.717, 1.165) is 9.87 Å². The third-order valence-electron chi connectivity index (χ3n) is 6.07. The number of hydrogen-bond donors (Lipinski definition) is 1. The molecule has 1 N–H and O–H groups in total. The predicted octanol–water partition coefficient (Wildman–Crippen LogP) is 5.32. The second kappa shape index (κ2) is 12.9. The number of ether oxygens (including phenoxy) is 1. The van der Waals surface area contributed by atoms with Gasteiger partial charge in [-0.15, -0.1) is 0 Å². The first-order valence-corrected chi connectivity index (χ1v) is 14.3. The van der Waals surface area contributed by atoms with E-state index in [0.29, 0.717) is 15.6 Å². The molecule has 0 saturated heterocycles. The van der Waals surface area contributed by atoms with Crippen LogP contribution in [0.1, 0.15) is 18.1 Å². The number of hydrogen-bond acceptors (Lipinski definition) is 5. The summed E-state index contributed by atoms with van der Waals surface area (Å²) in [6.07, 6.45) is 0. The van der Waals surface area contributed by atoms with Gasteiger partial charge in [0, 0.05) is 28.7 Å². The van der Waals surface area contributed by atoms with E-state index in [1.807, 2.05) is 6.92 Å². The number of benzene rings is 3. The van der Waals surface area contributed by atoms with Crippen LogP contribution in [0.4, 0.5) is 5.69 Å². The zero-order chi connectivity index (χ0) is 28.9. The highest BCUT2D eigenvalue weighted by Crippen LogP contribution is 2.35. The van der Waals surface area contributed by atoms with E-state index in [1.165, 1.54) is 49.4 Å². The minimum atomic E-state index is -4.28. The summed E-state index contributed by atoms with van der Waals surface area (Å²) >= 11 is 18.6. The number of nitrogens with one attached hydrogen (secondary N) is 1. The molecule has 0 aliphatic rings. The largest absolute Gasteiger partial charge is 0.495 e. The number of likely N-dealkylation sites (N-methyl/N-ethyl adjacent to an activating group) is 1. The number of carbonyl (C=O) groups excluding carboxylic acids is 2. The lowest BCUT2D eigenvalue weighted by Crippen LogP contribution is -2.50. The van der Waals surface area contributed by atoms with Crippen LogP contribution in [0.2, 0.25) is 15.1 Å². The van der Waals surface area contributed by atoms with Crippen molar-refractivity contribution in [3.05, 3.63) is 86.9 Å². The quantitative estimate of drug-likeness (QED) is 0.334. The summed E-state index contributed by atoms with van der Waals surface area (Å²) in [5.41, 5.74) is 1.46. The molecular formula is C27H28Cl3N3O5S. The zero-order valence-corrected chi connectivity index (χ0v) is 24.8. The molecule has 3 rings (SSSR count). The second-order valence-corrected chi connectivity index (χ2v) is 11.8. The summed E-state index contributed by atoms with van der Waals surface area (Å²) < 4.78 is 34.2. The molecule has 0 heterocycles. The SMILES string of the molecule is CNC(=O)[C@H](C)N(Cc1ccc(Cl)cc1Cl)C(=O)CN(c1cc(Cl)ccc1OC)S(=O)(=O)c1ccc(C)cc1. The maximum atomic E-state index is 13.9. The number of sulfonamides is 1. The standard InChI is InChI=1S/C27H28Cl3N3O5S/c1-17-5-10-22(11-6-17)39(36,37)33(24-14-21(29)9-12-25(24)38-4)16-26(34)32(18(2)27(35)31-3)15-19-7-8-20(28)13-23(19)30/h5-14,18H,15-16H2,1-4H3,(H,31,35)/t18-/m0/s1. The molecule has 0 aromatic heterocycles. The molecule has 2 amide bonds. The van der Waals surface area contributed by atoms with Gasteiger partial charge in [-0.2, -0.15) is 0 Å². The van der Waals surface area contributed by atoms with Crippen LogP contribution in [0.3, 0.4) is 0 Å². The van der Waals surface area contributed by atoms with Gasteiger partial charge >= 0.3 is 0 Å². The smallest absolute Gasteiger partial charge is 0.264 e. The molecule has 1 atom stereocenters. The van der Waals surface area contributed by atoms with E-state index < -0.39 is 34.4 Å². The van der Waals surface area contributed by atoms with E-state index in [2.05, 4.69) is 5.32 Å². The van der Waals surface area contributed by atoms with Crippen molar-refractivity contribution in [2.45, 2.75) is 31.3 Å². The highest BCUT2D eigenvalue weighted by molar-refractivity contribution is 7.92. The molecule has 0 aliphatic heterocycles. The lowest BCUT2D eigenvalue weighted by atomic mass is 10.1. The number of halogens is 3. The van der Waals surface area contributed by atoms with Crippen LogP contribution in [-0.2, 0) is 26.2 Å². The van der Waals surface area contributed by atoms with Crippen molar-refractivity contribution in [2.24, 2.45) is 0 Å². The van der Waals surface area contributed by atoms with E-state index in [1.54, 1.807) is 37.3 Å². The fraction of sp³-hybridized carbons (Fsp3) is 0.259. The van der Waals surface area contributed by atoms with Crippen molar-refractivity contribution in [1.29, 1.82) is 0 Å². The van der Waals surface area contributed by atoms with Gasteiger partial charge in [0.2, 0.25) is 11.8 Å². The summed E-state index contributed by atoms with van der Waals surface area (Å²) in [6.45, 7) is 2.64. The molecule has 39 heavy (non-hydrogen) atoms. The summed E-state index contributed by atoms with van der Waals surface area (Å²) in [5, 5.41) is 3.47. The van der Waals surface area contributed by atoms with Crippen molar-refractivity contribution in [1.82, 2.24) is 10.2 Å². The fourth-order valence-electron chi connectivity index (χ4n) is 3.83. The van der Waals surface area contributed by atoms with Gasteiger partial charge in [-0.25, -0.2) is 8.42 Å². The number of aryl methyl sites for hydroxylation is 1. The van der Waals surface area contributed by atoms with Gasteiger partial charge in [-0.1, -0.05) is 58.6 Å². The Morgan fingerprint density at radius 2 is 1.59 bits per heavy atom. The fourth-order valence-corrected chi connectivity index (χ4v) is 5.88. The van der Waals surface area contributed by atoms with Crippen LogP contribution in [-0.4, -0.2) is 51.9 Å². The second-order valence-electron chi connectivity index (χ2n) is 8.69. The van der Waals surface area contributed by atoms with E-state index in [4.69, 9.17) is 39.5 Å². The molecule has 3 aromatic rings. The number of nitrogens with zero attached hydrogens (tertiary/aromatic N) is 2. The number of anilines is 1. The lowest BCUT2D eigenvalue weighted by Gasteiger charge is -2.32. The maximum Gasteiger partial charge on any atom is 0.264 e. The monoisotopic (exact) mass is 611 g/mol. The molecule has 3 aromatic carbocycles. The van der Waals surface area contributed by atoms with Crippen LogP contribution < -0.4 is 14.4 Å². The Balaban J connectivity index is 2.12. The van der Waals surface area contributed by atoms with Crippen molar-refractivity contribution < 1.29 is 22.7 Å². The summed E-state index contributed by atoms with van der Waals surface area (Å²) in [7, 11) is -1.45. The Kier molecular flexibility index (Phi) is 10.1. The first-order chi connectivity index (χ1) is 18.4. The normalized spacial score (nSPS) is 12.0. The molecule has 8 nitrogen and oxygen atoms in total. The first-order valence-electron chi connectivity index (χ1n) is 11.8. The summed E-state index contributed by atoms with van der Waals surface area (Å²) in [6, 6.07) is 14.5. The zero-order valence-electron chi connectivity index (χ0n) is 21.7. The number of rotatable bonds is 10. The minimum Gasteiger partial charge on any atom is -0.495 e. The summed E-state index contributed by atoms with van der Waals surface area (Å²) in [5.74, 6) is -0.911. The van der Waals surface area contributed by atoms with Crippen molar-refractivity contribution >= 4 is 62.3 Å². The highest BCUT2D eigenvalue weighted by Gasteiger charge is 2.34. The van der Waals surface area contributed by atoms with Gasteiger partial charge in [-0.05, 0) is 61.9 Å². The van der Waals surface area contributed by atoms with Gasteiger partial charge in [0.25, 0.3) is 10.0 Å². The van der Waals surface area contributed by atoms with E-state index in [9.17, 15) is 18.0 Å². The van der Waals surface area contributed by atoms with Crippen molar-refractivity contribution in [3.8, 4) is 5.75 Å². The molecule has 0 aliphatic carbocycles.